The second kappa shape index (κ2) is 7.07. The van der Waals surface area contributed by atoms with Crippen molar-refractivity contribution in [3.8, 4) is 16.9 Å². The molecule has 1 fully saturated rings. The first-order chi connectivity index (χ1) is 14.5. The number of likely N-dealkylation sites (N-methyl/N-ethyl adjacent to an activating group) is 1. The van der Waals surface area contributed by atoms with Gasteiger partial charge in [0, 0.05) is 37.8 Å². The molecule has 3 aliphatic rings. The summed E-state index contributed by atoms with van der Waals surface area (Å²) in [5.41, 5.74) is 1.01. The van der Waals surface area contributed by atoms with E-state index in [2.05, 4.69) is 10.00 Å². The zero-order chi connectivity index (χ0) is 20.8. The third kappa shape index (κ3) is 2.88. The molecule has 2 aromatic rings. The van der Waals surface area contributed by atoms with Gasteiger partial charge in [-0.3, -0.25) is 9.36 Å². The number of fused-ring (bicyclic) bond motifs is 3. The lowest BCUT2D eigenvalue weighted by Crippen LogP contribution is -2.48. The molecule has 3 heterocycles. The van der Waals surface area contributed by atoms with Crippen molar-refractivity contribution in [1.29, 1.82) is 0 Å². The molecule has 0 spiro atoms. The zero-order valence-corrected chi connectivity index (χ0v) is 16.5. The number of benzene rings is 2. The van der Waals surface area contributed by atoms with Crippen LogP contribution in [0.25, 0.3) is 27.8 Å². The van der Waals surface area contributed by atoms with Crippen LogP contribution in [0.2, 0.25) is 0 Å². The van der Waals surface area contributed by atoms with Gasteiger partial charge in [0.15, 0.2) is 0 Å². The molecule has 1 amide bonds. The molecule has 0 aromatic heterocycles. The highest BCUT2D eigenvalue weighted by atomic mass is 19.1. The van der Waals surface area contributed by atoms with Gasteiger partial charge in [0.2, 0.25) is 0 Å². The Labute approximate surface area is 171 Å². The summed E-state index contributed by atoms with van der Waals surface area (Å²) in [6.45, 7) is 2.83. The lowest BCUT2D eigenvalue weighted by atomic mass is 10.1. The van der Waals surface area contributed by atoms with Crippen LogP contribution in [0.4, 0.5) is 9.18 Å². The van der Waals surface area contributed by atoms with Crippen molar-refractivity contribution in [2.45, 2.75) is 0 Å². The molecule has 0 aliphatic carbocycles. The number of halogens is 1. The average Bonchev–Trinajstić information content (AvgIpc) is 3.10. The predicted octanol–water partition coefficient (Wildman–Crippen LogP) is 2.65. The second-order valence-corrected chi connectivity index (χ2v) is 7.52. The first-order valence-corrected chi connectivity index (χ1v) is 9.80. The number of nitrogens with zero attached hydrogens (tertiary/aromatic N) is 5. The van der Waals surface area contributed by atoms with Crippen molar-refractivity contribution in [1.82, 2.24) is 24.1 Å². The minimum absolute atomic E-state index is 0.0831. The molecule has 0 atom stereocenters. The minimum atomic E-state index is -0.534. The summed E-state index contributed by atoms with van der Waals surface area (Å²) in [6, 6.07) is 13.2. The Bertz CT molecular complexity index is 1290. The van der Waals surface area contributed by atoms with E-state index in [-0.39, 0.29) is 17.3 Å². The van der Waals surface area contributed by atoms with E-state index >= 15 is 0 Å². The molecule has 0 saturated carbocycles. The molecule has 8 heteroatoms. The summed E-state index contributed by atoms with van der Waals surface area (Å²) >= 11 is 0. The summed E-state index contributed by atoms with van der Waals surface area (Å²) < 4.78 is 16.9. The Morgan fingerprint density at radius 2 is 1.70 bits per heavy atom. The van der Waals surface area contributed by atoms with Crippen LogP contribution in [0.5, 0.6) is 0 Å². The standard InChI is InChI=1S/C22H20FN5O2/c1-25-10-12-26(13-11-25)22(30)27-14-16-20(15-6-2-4-8-18(15)27)24-28(21(16)29)19-9-5-3-7-17(19)23/h2-9,14H,10-13H2,1H3. The van der Waals surface area contributed by atoms with E-state index in [1.54, 1.807) is 17.0 Å². The molecule has 2 aromatic carbocycles. The average molecular weight is 405 g/mol. The Kier molecular flexibility index (Phi) is 4.36. The summed E-state index contributed by atoms with van der Waals surface area (Å²) in [7, 11) is 2.03. The fraction of sp³-hybridized carbons (Fsp3) is 0.227. The fourth-order valence-corrected chi connectivity index (χ4v) is 3.91. The molecule has 5 rings (SSSR count). The third-order valence-electron chi connectivity index (χ3n) is 5.62. The first-order valence-electron chi connectivity index (χ1n) is 9.80. The van der Waals surface area contributed by atoms with Gasteiger partial charge in [-0.15, -0.1) is 0 Å². The number of hydrogen-bond donors (Lipinski definition) is 0. The van der Waals surface area contributed by atoms with Gasteiger partial charge in [0.25, 0.3) is 5.56 Å². The fourth-order valence-electron chi connectivity index (χ4n) is 3.91. The van der Waals surface area contributed by atoms with Gasteiger partial charge in [0.05, 0.1) is 11.1 Å². The number of carbonyl (C=O) groups is 1. The van der Waals surface area contributed by atoms with E-state index in [0.717, 1.165) is 17.8 Å². The molecule has 0 N–H and O–H groups in total. The van der Waals surface area contributed by atoms with Crippen LogP contribution in [0.1, 0.15) is 0 Å². The maximum Gasteiger partial charge on any atom is 0.328 e. The molecule has 30 heavy (non-hydrogen) atoms. The summed E-state index contributed by atoms with van der Waals surface area (Å²) in [5, 5.41) is 5.08. The molecular weight excluding hydrogens is 385 g/mol. The van der Waals surface area contributed by atoms with Crippen LogP contribution in [-0.4, -0.2) is 63.4 Å². The number of piperazine rings is 1. The molecule has 7 nitrogen and oxygen atoms in total. The highest BCUT2D eigenvalue weighted by Gasteiger charge is 2.26. The van der Waals surface area contributed by atoms with Crippen molar-refractivity contribution >= 4 is 16.9 Å². The molecule has 0 radical (unpaired) electrons. The SMILES string of the molecule is CN1CCN(C(=O)n2cc3c(=O)n(-c4ccccc4F)nc-3c3ccccc32)CC1. The smallest absolute Gasteiger partial charge is 0.321 e. The van der Waals surface area contributed by atoms with Gasteiger partial charge in [-0.1, -0.05) is 30.3 Å². The van der Waals surface area contributed by atoms with E-state index in [1.807, 2.05) is 31.3 Å². The number of hydrogen-bond acceptors (Lipinski definition) is 4. The minimum Gasteiger partial charge on any atom is -0.321 e. The van der Waals surface area contributed by atoms with Crippen LogP contribution < -0.4 is 5.56 Å². The lowest BCUT2D eigenvalue weighted by Gasteiger charge is -2.33. The summed E-state index contributed by atoms with van der Waals surface area (Å²) in [6.07, 6.45) is 1.53. The molecule has 1 saturated heterocycles. The number of rotatable bonds is 1. The van der Waals surface area contributed by atoms with E-state index in [4.69, 9.17) is 0 Å². The number of aromatic nitrogens is 3. The summed E-state index contributed by atoms with van der Waals surface area (Å²) in [5.74, 6) is -0.534. The predicted molar refractivity (Wildman–Crippen MR) is 112 cm³/mol. The van der Waals surface area contributed by atoms with Gasteiger partial charge in [0.1, 0.15) is 17.2 Å². The number of amides is 1. The van der Waals surface area contributed by atoms with E-state index in [1.165, 1.54) is 22.9 Å². The monoisotopic (exact) mass is 405 g/mol. The van der Waals surface area contributed by atoms with Crippen LogP contribution in [-0.2, 0) is 0 Å². The van der Waals surface area contributed by atoms with Gasteiger partial charge >= 0.3 is 6.03 Å². The highest BCUT2D eigenvalue weighted by molar-refractivity contribution is 5.99. The van der Waals surface area contributed by atoms with Crippen molar-refractivity contribution < 1.29 is 9.18 Å². The number of pyridine rings is 1. The largest absolute Gasteiger partial charge is 0.328 e. The maximum atomic E-state index is 14.3. The number of carbonyl (C=O) groups excluding carboxylic acids is 1. The molecule has 0 bridgehead atoms. The molecule has 152 valence electrons. The van der Waals surface area contributed by atoms with Gasteiger partial charge in [-0.2, -0.15) is 9.78 Å². The van der Waals surface area contributed by atoms with E-state index < -0.39 is 11.4 Å². The Morgan fingerprint density at radius 1 is 1.00 bits per heavy atom. The van der Waals surface area contributed by atoms with Crippen molar-refractivity contribution in [2.75, 3.05) is 33.2 Å². The zero-order valence-electron chi connectivity index (χ0n) is 16.5. The topological polar surface area (TPSA) is 63.4 Å². The van der Waals surface area contributed by atoms with Gasteiger partial charge in [-0.25, -0.2) is 9.18 Å². The molecule has 3 aliphatic heterocycles. The van der Waals surface area contributed by atoms with Crippen LogP contribution in [0, 0.1) is 5.82 Å². The lowest BCUT2D eigenvalue weighted by molar-refractivity contribution is 0.156. The van der Waals surface area contributed by atoms with Crippen molar-refractivity contribution in [3.63, 3.8) is 0 Å². The number of para-hydroxylation sites is 2. The van der Waals surface area contributed by atoms with Crippen LogP contribution >= 0.6 is 0 Å². The highest BCUT2D eigenvalue weighted by Crippen LogP contribution is 2.28. The van der Waals surface area contributed by atoms with Crippen LogP contribution in [0.15, 0.2) is 59.5 Å². The van der Waals surface area contributed by atoms with Crippen molar-refractivity contribution in [2.24, 2.45) is 0 Å². The maximum absolute atomic E-state index is 14.3. The Hall–Kier alpha value is -3.52. The molecule has 0 unspecified atom stereocenters. The summed E-state index contributed by atoms with van der Waals surface area (Å²) in [4.78, 5) is 30.3. The first kappa shape index (κ1) is 18.5. The van der Waals surface area contributed by atoms with Gasteiger partial charge < -0.3 is 9.80 Å². The quantitative estimate of drug-likeness (QED) is 0.489. The van der Waals surface area contributed by atoms with Crippen LogP contribution in [0.3, 0.4) is 0 Å². The van der Waals surface area contributed by atoms with Gasteiger partial charge in [-0.05, 0) is 25.2 Å². The molecular formula is C22H20FN5O2. The second-order valence-electron chi connectivity index (χ2n) is 7.52. The third-order valence-corrected chi connectivity index (χ3v) is 5.62. The Balaban J connectivity index is 1.72. The normalized spacial score (nSPS) is 15.2. The van der Waals surface area contributed by atoms with E-state index in [9.17, 15) is 14.0 Å². The van der Waals surface area contributed by atoms with Crippen molar-refractivity contribution in [3.05, 3.63) is 70.9 Å². The van der Waals surface area contributed by atoms with E-state index in [0.29, 0.717) is 29.7 Å². The Morgan fingerprint density at radius 3 is 2.47 bits per heavy atom.